The second-order valence-electron chi connectivity index (χ2n) is 8.34. The first-order chi connectivity index (χ1) is 14.8. The number of benzene rings is 2. The lowest BCUT2D eigenvalue weighted by Crippen LogP contribution is -2.40. The number of aromatic nitrogens is 2. The topological polar surface area (TPSA) is 87.2 Å². The maximum atomic E-state index is 13.1. The van der Waals surface area contributed by atoms with E-state index in [-0.39, 0.29) is 12.1 Å². The van der Waals surface area contributed by atoms with Gasteiger partial charge in [0, 0.05) is 37.6 Å². The van der Waals surface area contributed by atoms with Crippen molar-refractivity contribution in [3.8, 4) is 0 Å². The van der Waals surface area contributed by atoms with Crippen molar-refractivity contribution >= 4 is 32.4 Å². The van der Waals surface area contributed by atoms with E-state index in [2.05, 4.69) is 20.0 Å². The first kappa shape index (κ1) is 21.5. The summed E-state index contributed by atoms with van der Waals surface area (Å²) in [7, 11) is 0.334. The Bertz CT molecular complexity index is 1170. The first-order valence-corrected chi connectivity index (χ1v) is 12.1. The van der Waals surface area contributed by atoms with Crippen molar-refractivity contribution < 1.29 is 8.42 Å². The molecule has 0 aliphatic heterocycles. The Morgan fingerprint density at radius 2 is 1.61 bits per heavy atom. The summed E-state index contributed by atoms with van der Waals surface area (Å²) in [5.74, 6) is 2.41. The van der Waals surface area contributed by atoms with E-state index in [1.54, 1.807) is 12.1 Å². The molecule has 0 unspecified atom stereocenters. The van der Waals surface area contributed by atoms with Crippen LogP contribution in [0.2, 0.25) is 0 Å². The zero-order valence-corrected chi connectivity index (χ0v) is 19.0. The third kappa shape index (κ3) is 4.97. The molecule has 8 heteroatoms. The number of hydrogen-bond acceptors (Lipinski definition) is 6. The molecule has 4 rings (SSSR count). The Hall–Kier alpha value is -2.71. The molecule has 31 heavy (non-hydrogen) atoms. The number of sulfonamides is 1. The van der Waals surface area contributed by atoms with Crippen molar-refractivity contribution in [3.63, 3.8) is 0 Å². The van der Waals surface area contributed by atoms with Gasteiger partial charge in [-0.15, -0.1) is 0 Å². The summed E-state index contributed by atoms with van der Waals surface area (Å²) < 4.78 is 29.1. The number of hydrogen-bond donors (Lipinski definition) is 2. The molecule has 0 atom stereocenters. The molecule has 1 fully saturated rings. The van der Waals surface area contributed by atoms with Crippen LogP contribution in [0.3, 0.4) is 0 Å². The van der Waals surface area contributed by atoms with Crippen LogP contribution < -0.4 is 14.9 Å². The van der Waals surface area contributed by atoms with E-state index in [9.17, 15) is 8.42 Å². The molecular weight excluding hydrogens is 410 g/mol. The van der Waals surface area contributed by atoms with E-state index in [4.69, 9.17) is 0 Å². The van der Waals surface area contributed by atoms with Crippen LogP contribution in [0.4, 0.5) is 11.6 Å². The summed E-state index contributed by atoms with van der Waals surface area (Å²) in [4.78, 5) is 11.2. The molecule has 2 N–H and O–H groups in total. The van der Waals surface area contributed by atoms with Gasteiger partial charge in [0.25, 0.3) is 0 Å². The fraction of sp³-hybridized carbons (Fsp3) is 0.391. The van der Waals surface area contributed by atoms with Crippen molar-refractivity contribution in [3.05, 3.63) is 54.4 Å². The highest BCUT2D eigenvalue weighted by Gasteiger charge is 2.27. The van der Waals surface area contributed by atoms with Crippen LogP contribution >= 0.6 is 0 Å². The number of anilines is 2. The monoisotopic (exact) mass is 439 g/mol. The molecule has 1 aliphatic carbocycles. The molecule has 0 spiro atoms. The lowest BCUT2D eigenvalue weighted by atomic mass is 9.92. The summed E-state index contributed by atoms with van der Waals surface area (Å²) in [6, 6.07) is 15.1. The minimum Gasteiger partial charge on any atom is -0.367 e. The van der Waals surface area contributed by atoms with E-state index in [0.717, 1.165) is 53.9 Å². The molecule has 0 bridgehead atoms. The molecule has 0 radical (unpaired) electrons. The fourth-order valence-corrected chi connectivity index (χ4v) is 5.67. The summed E-state index contributed by atoms with van der Waals surface area (Å²) >= 11 is 0. The maximum Gasteiger partial charge on any atom is 0.241 e. The van der Waals surface area contributed by atoms with Crippen molar-refractivity contribution in [2.45, 2.75) is 49.6 Å². The number of rotatable bonds is 6. The zero-order chi connectivity index (χ0) is 22.0. The molecule has 1 aliphatic rings. The summed E-state index contributed by atoms with van der Waals surface area (Å²) in [5, 5.41) is 5.18. The highest BCUT2D eigenvalue weighted by atomic mass is 32.2. The quantitative estimate of drug-likeness (QED) is 0.609. The van der Waals surface area contributed by atoms with Gasteiger partial charge in [0.1, 0.15) is 17.5 Å². The highest BCUT2D eigenvalue weighted by Crippen LogP contribution is 2.27. The van der Waals surface area contributed by atoms with Crippen LogP contribution in [-0.4, -0.2) is 44.6 Å². The Labute approximate surface area is 184 Å². The van der Waals surface area contributed by atoms with E-state index in [1.807, 2.05) is 62.3 Å². The van der Waals surface area contributed by atoms with Crippen LogP contribution in [0.15, 0.2) is 53.4 Å². The third-order valence-electron chi connectivity index (χ3n) is 5.72. The van der Waals surface area contributed by atoms with Crippen LogP contribution in [0.25, 0.3) is 10.8 Å². The molecule has 3 aromatic rings. The lowest BCUT2D eigenvalue weighted by molar-refractivity contribution is 0.387. The molecule has 0 saturated heterocycles. The van der Waals surface area contributed by atoms with Crippen LogP contribution in [0.1, 0.15) is 31.5 Å². The van der Waals surface area contributed by atoms with Gasteiger partial charge in [-0.05, 0) is 44.1 Å². The zero-order valence-electron chi connectivity index (χ0n) is 18.2. The van der Waals surface area contributed by atoms with Crippen molar-refractivity contribution in [2.75, 3.05) is 24.3 Å². The largest absolute Gasteiger partial charge is 0.367 e. The van der Waals surface area contributed by atoms with Crippen LogP contribution in [0, 0.1) is 6.92 Å². The van der Waals surface area contributed by atoms with Crippen LogP contribution in [-0.2, 0) is 10.0 Å². The predicted molar refractivity (Wildman–Crippen MR) is 125 cm³/mol. The number of aryl methyl sites for hydroxylation is 1. The number of fused-ring (bicyclic) bond motifs is 1. The summed E-state index contributed by atoms with van der Waals surface area (Å²) in [5.41, 5.74) is 0. The number of nitrogens with one attached hydrogen (secondary N) is 2. The average molecular weight is 440 g/mol. The first-order valence-electron chi connectivity index (χ1n) is 10.6. The minimum absolute atomic E-state index is 0.0634. The Kier molecular flexibility index (Phi) is 6.11. The average Bonchev–Trinajstić information content (AvgIpc) is 2.74. The fourth-order valence-electron chi connectivity index (χ4n) is 4.13. The van der Waals surface area contributed by atoms with Crippen LogP contribution in [0.5, 0.6) is 0 Å². The molecule has 0 amide bonds. The summed E-state index contributed by atoms with van der Waals surface area (Å²) in [6.45, 7) is 1.89. The normalized spacial score (nSPS) is 19.3. The standard InChI is InChI=1S/C23H29N5O2S/c1-16-24-22(15-23(25-16)28(2)3)26-18-11-13-19(14-12-18)27-31(29,30)21-10-6-8-17-7-4-5-9-20(17)21/h4-10,15,18-19,27H,11-14H2,1-3H3,(H,24,25,26). The molecule has 2 aromatic carbocycles. The highest BCUT2D eigenvalue weighted by molar-refractivity contribution is 7.89. The van der Waals surface area contributed by atoms with Crippen molar-refractivity contribution in [2.24, 2.45) is 0 Å². The van der Waals surface area contributed by atoms with Gasteiger partial charge in [-0.25, -0.2) is 23.1 Å². The van der Waals surface area contributed by atoms with Gasteiger partial charge in [-0.3, -0.25) is 0 Å². The second-order valence-corrected chi connectivity index (χ2v) is 10.0. The van der Waals surface area contributed by atoms with E-state index < -0.39 is 10.0 Å². The maximum absolute atomic E-state index is 13.1. The Balaban J connectivity index is 1.40. The summed E-state index contributed by atoms with van der Waals surface area (Å²) in [6.07, 6.45) is 3.32. The lowest BCUT2D eigenvalue weighted by Gasteiger charge is -2.30. The smallest absolute Gasteiger partial charge is 0.241 e. The van der Waals surface area contributed by atoms with Crippen molar-refractivity contribution in [1.82, 2.24) is 14.7 Å². The van der Waals surface area contributed by atoms with Gasteiger partial charge in [-0.2, -0.15) is 0 Å². The van der Waals surface area contributed by atoms with Gasteiger partial charge >= 0.3 is 0 Å². The molecule has 7 nitrogen and oxygen atoms in total. The van der Waals surface area contributed by atoms with Gasteiger partial charge in [0.15, 0.2) is 0 Å². The van der Waals surface area contributed by atoms with Gasteiger partial charge < -0.3 is 10.2 Å². The van der Waals surface area contributed by atoms with E-state index in [1.165, 1.54) is 0 Å². The van der Waals surface area contributed by atoms with E-state index in [0.29, 0.717) is 4.90 Å². The molecule has 164 valence electrons. The van der Waals surface area contributed by atoms with Gasteiger partial charge in [0.05, 0.1) is 4.90 Å². The SMILES string of the molecule is Cc1nc(NC2CCC(NS(=O)(=O)c3cccc4ccccc34)CC2)cc(N(C)C)n1. The predicted octanol–water partition coefficient (Wildman–Crippen LogP) is 3.71. The molecule has 1 heterocycles. The van der Waals surface area contributed by atoms with E-state index >= 15 is 0 Å². The molecular formula is C23H29N5O2S. The number of nitrogens with zero attached hydrogens (tertiary/aromatic N) is 3. The molecule has 1 saturated carbocycles. The second kappa shape index (κ2) is 8.80. The van der Waals surface area contributed by atoms with Gasteiger partial charge in [-0.1, -0.05) is 36.4 Å². The van der Waals surface area contributed by atoms with Crippen molar-refractivity contribution in [1.29, 1.82) is 0 Å². The Morgan fingerprint density at radius 3 is 2.35 bits per heavy atom. The van der Waals surface area contributed by atoms with Gasteiger partial charge in [0.2, 0.25) is 10.0 Å². The molecule has 1 aromatic heterocycles. The third-order valence-corrected chi connectivity index (χ3v) is 7.30. The minimum atomic E-state index is -3.58. The Morgan fingerprint density at radius 1 is 0.935 bits per heavy atom.